The molecule has 0 unspecified atom stereocenters. The molecule has 1 aliphatic rings. The van der Waals surface area contributed by atoms with Gasteiger partial charge in [-0.2, -0.15) is 0 Å². The Bertz CT molecular complexity index is 742. The van der Waals surface area contributed by atoms with Gasteiger partial charge < -0.3 is 10.0 Å². The minimum Gasteiger partial charge on any atom is -0.508 e. The molecular formula is C25H35BrN2O. The molecule has 0 atom stereocenters. The van der Waals surface area contributed by atoms with Gasteiger partial charge in [-0.1, -0.05) is 60.1 Å². The summed E-state index contributed by atoms with van der Waals surface area (Å²) in [6.07, 6.45) is 4.75. The number of hydrogen-bond acceptors (Lipinski definition) is 3. The molecule has 1 fully saturated rings. The van der Waals surface area contributed by atoms with Crippen LogP contribution in [0.3, 0.4) is 0 Å². The number of aromatic hydroxyl groups is 1. The summed E-state index contributed by atoms with van der Waals surface area (Å²) in [5, 5.41) is 10.3. The van der Waals surface area contributed by atoms with Gasteiger partial charge in [-0.05, 0) is 75.0 Å². The third-order valence-corrected chi connectivity index (χ3v) is 6.53. The summed E-state index contributed by atoms with van der Waals surface area (Å²) in [6.45, 7) is 9.99. The van der Waals surface area contributed by atoms with E-state index in [-0.39, 0.29) is 0 Å². The van der Waals surface area contributed by atoms with Gasteiger partial charge in [0, 0.05) is 29.2 Å². The lowest BCUT2D eigenvalue weighted by atomic mass is 10.00. The fourth-order valence-electron chi connectivity index (χ4n) is 4.15. The van der Waals surface area contributed by atoms with Crippen LogP contribution in [0.15, 0.2) is 53.0 Å². The van der Waals surface area contributed by atoms with Gasteiger partial charge in [0.05, 0.1) is 0 Å². The highest BCUT2D eigenvalue weighted by Gasteiger charge is 2.25. The summed E-state index contributed by atoms with van der Waals surface area (Å²) < 4.78 is 1.03. The van der Waals surface area contributed by atoms with E-state index in [1.165, 1.54) is 37.9 Å². The van der Waals surface area contributed by atoms with E-state index in [1.807, 2.05) is 6.07 Å². The highest BCUT2D eigenvalue weighted by molar-refractivity contribution is 9.10. The molecule has 0 amide bonds. The van der Waals surface area contributed by atoms with Crippen molar-refractivity contribution in [1.29, 1.82) is 0 Å². The Morgan fingerprint density at radius 2 is 1.83 bits per heavy atom. The van der Waals surface area contributed by atoms with E-state index in [1.54, 1.807) is 6.07 Å². The van der Waals surface area contributed by atoms with Crippen molar-refractivity contribution >= 4 is 15.9 Å². The second-order valence-corrected chi connectivity index (χ2v) is 9.65. The van der Waals surface area contributed by atoms with Crippen LogP contribution >= 0.6 is 15.9 Å². The van der Waals surface area contributed by atoms with Gasteiger partial charge in [0.25, 0.3) is 0 Å². The Hall–Kier alpha value is -1.36. The minimum atomic E-state index is 0.406. The molecule has 0 saturated carbocycles. The molecule has 3 rings (SSSR count). The first-order valence-electron chi connectivity index (χ1n) is 11.0. The molecule has 3 nitrogen and oxygen atoms in total. The molecule has 0 aliphatic carbocycles. The summed E-state index contributed by atoms with van der Waals surface area (Å²) in [7, 11) is 0. The third-order valence-electron chi connectivity index (χ3n) is 6.04. The fourth-order valence-corrected chi connectivity index (χ4v) is 4.56. The maximum absolute atomic E-state index is 10.3. The summed E-state index contributed by atoms with van der Waals surface area (Å²) in [5.41, 5.74) is 2.45. The van der Waals surface area contributed by atoms with E-state index >= 15 is 0 Å². The van der Waals surface area contributed by atoms with E-state index in [0.717, 1.165) is 36.1 Å². The minimum absolute atomic E-state index is 0.406. The molecule has 4 heteroatoms. The number of hydrogen-bond donors (Lipinski definition) is 1. The van der Waals surface area contributed by atoms with Crippen LogP contribution in [0.4, 0.5) is 0 Å². The molecule has 2 aromatic rings. The predicted octanol–water partition coefficient (Wildman–Crippen LogP) is 5.71. The number of halogens is 1. The van der Waals surface area contributed by atoms with Gasteiger partial charge in [0.15, 0.2) is 0 Å². The van der Waals surface area contributed by atoms with Gasteiger partial charge in [-0.3, -0.25) is 4.90 Å². The van der Waals surface area contributed by atoms with Crippen LogP contribution in [0, 0.1) is 5.92 Å². The first-order valence-corrected chi connectivity index (χ1v) is 11.8. The second-order valence-electron chi connectivity index (χ2n) is 8.73. The van der Waals surface area contributed by atoms with Crippen molar-refractivity contribution in [2.45, 2.75) is 52.1 Å². The average Bonchev–Trinajstić information content (AvgIpc) is 2.73. The van der Waals surface area contributed by atoms with Gasteiger partial charge in [0.1, 0.15) is 5.75 Å². The largest absolute Gasteiger partial charge is 0.508 e. The predicted molar refractivity (Wildman–Crippen MR) is 125 cm³/mol. The highest BCUT2D eigenvalue weighted by Crippen LogP contribution is 2.26. The van der Waals surface area contributed by atoms with Crippen LogP contribution in [0.1, 0.15) is 44.2 Å². The van der Waals surface area contributed by atoms with Crippen molar-refractivity contribution in [3.8, 4) is 5.75 Å². The van der Waals surface area contributed by atoms with Gasteiger partial charge in [-0.25, -0.2) is 0 Å². The second kappa shape index (κ2) is 11.1. The maximum Gasteiger partial charge on any atom is 0.120 e. The molecule has 1 aliphatic heterocycles. The molecule has 29 heavy (non-hydrogen) atoms. The topological polar surface area (TPSA) is 26.7 Å². The monoisotopic (exact) mass is 458 g/mol. The normalized spacial score (nSPS) is 16.0. The number of piperidine rings is 1. The van der Waals surface area contributed by atoms with Crippen molar-refractivity contribution in [3.05, 3.63) is 64.1 Å². The molecule has 0 radical (unpaired) electrons. The van der Waals surface area contributed by atoms with Crippen molar-refractivity contribution < 1.29 is 5.11 Å². The van der Waals surface area contributed by atoms with Gasteiger partial charge >= 0.3 is 0 Å². The van der Waals surface area contributed by atoms with Crippen LogP contribution < -0.4 is 0 Å². The molecule has 1 heterocycles. The number of nitrogens with zero attached hydrogens (tertiary/aromatic N) is 2. The molecule has 1 saturated heterocycles. The Balaban J connectivity index is 1.56. The lowest BCUT2D eigenvalue weighted by molar-refractivity contribution is 0.0981. The van der Waals surface area contributed by atoms with Crippen molar-refractivity contribution in [2.75, 3.05) is 26.2 Å². The van der Waals surface area contributed by atoms with Crippen LogP contribution in [0.5, 0.6) is 5.75 Å². The molecule has 158 valence electrons. The average molecular weight is 459 g/mol. The Kier molecular flexibility index (Phi) is 8.58. The molecule has 0 aromatic heterocycles. The Labute approximate surface area is 184 Å². The zero-order valence-electron chi connectivity index (χ0n) is 17.9. The molecular weight excluding hydrogens is 424 g/mol. The quantitative estimate of drug-likeness (QED) is 0.520. The number of likely N-dealkylation sites (tertiary alicyclic amines) is 1. The first kappa shape index (κ1) is 22.3. The smallest absolute Gasteiger partial charge is 0.120 e. The maximum atomic E-state index is 10.3. The van der Waals surface area contributed by atoms with Crippen LogP contribution in [0.25, 0.3) is 0 Å². The van der Waals surface area contributed by atoms with Gasteiger partial charge in [-0.15, -0.1) is 0 Å². The van der Waals surface area contributed by atoms with E-state index in [9.17, 15) is 5.11 Å². The molecule has 2 aromatic carbocycles. The SMILES string of the molecule is CC(C)CCN(Cc1cc(Br)ccc1O)C1CCN(CCc2ccccc2)CC1. The molecule has 0 bridgehead atoms. The summed E-state index contributed by atoms with van der Waals surface area (Å²) in [6, 6.07) is 17.2. The number of rotatable bonds is 9. The zero-order valence-corrected chi connectivity index (χ0v) is 19.4. The van der Waals surface area contributed by atoms with Crippen molar-refractivity contribution in [1.82, 2.24) is 9.80 Å². The first-order chi connectivity index (χ1) is 14.0. The van der Waals surface area contributed by atoms with Crippen LogP contribution in [-0.4, -0.2) is 47.1 Å². The number of phenolic OH excluding ortho intramolecular Hbond substituents is 1. The summed E-state index contributed by atoms with van der Waals surface area (Å²) >= 11 is 3.55. The molecule has 0 spiro atoms. The van der Waals surface area contributed by atoms with Crippen LogP contribution in [-0.2, 0) is 13.0 Å². The van der Waals surface area contributed by atoms with E-state index in [0.29, 0.717) is 17.7 Å². The standard InChI is InChI=1S/C25H35BrN2O/c1-20(2)10-17-28(19-22-18-23(26)8-9-25(22)29)24-12-15-27(16-13-24)14-11-21-6-4-3-5-7-21/h3-9,18,20,24,29H,10-17,19H2,1-2H3. The van der Waals surface area contributed by atoms with Crippen molar-refractivity contribution in [3.63, 3.8) is 0 Å². The lowest BCUT2D eigenvalue weighted by Crippen LogP contribution is -2.45. The Morgan fingerprint density at radius 3 is 2.52 bits per heavy atom. The number of benzene rings is 2. The molecule has 1 N–H and O–H groups in total. The van der Waals surface area contributed by atoms with E-state index in [4.69, 9.17) is 0 Å². The summed E-state index contributed by atoms with van der Waals surface area (Å²) in [4.78, 5) is 5.22. The third kappa shape index (κ3) is 7.13. The van der Waals surface area contributed by atoms with Crippen LogP contribution in [0.2, 0.25) is 0 Å². The highest BCUT2D eigenvalue weighted by atomic mass is 79.9. The fraction of sp³-hybridized carbons (Fsp3) is 0.520. The summed E-state index contributed by atoms with van der Waals surface area (Å²) in [5.74, 6) is 1.10. The van der Waals surface area contributed by atoms with E-state index in [2.05, 4.69) is 76.0 Å². The Morgan fingerprint density at radius 1 is 1.10 bits per heavy atom. The van der Waals surface area contributed by atoms with E-state index < -0.39 is 0 Å². The number of phenols is 1. The van der Waals surface area contributed by atoms with Gasteiger partial charge in [0.2, 0.25) is 0 Å². The van der Waals surface area contributed by atoms with Crippen molar-refractivity contribution in [2.24, 2.45) is 5.92 Å². The lowest BCUT2D eigenvalue weighted by Gasteiger charge is -2.39. The zero-order chi connectivity index (χ0) is 20.6.